The predicted octanol–water partition coefficient (Wildman–Crippen LogP) is 1.47. The summed E-state index contributed by atoms with van der Waals surface area (Å²) >= 11 is 0. The van der Waals surface area contributed by atoms with Crippen molar-refractivity contribution in [2.24, 2.45) is 0 Å². The summed E-state index contributed by atoms with van der Waals surface area (Å²) in [6.07, 6.45) is 0.297. The van der Waals surface area contributed by atoms with E-state index in [4.69, 9.17) is 14.2 Å². The molecule has 1 unspecified atom stereocenters. The molecule has 2 rings (SSSR count). The molecule has 0 saturated carbocycles. The zero-order chi connectivity index (χ0) is 9.10. The summed E-state index contributed by atoms with van der Waals surface area (Å²) in [5, 5.41) is 0. The average molecular weight is 180 g/mol. The van der Waals surface area contributed by atoms with Gasteiger partial charge in [-0.1, -0.05) is 6.07 Å². The molecule has 1 atom stereocenters. The van der Waals surface area contributed by atoms with Crippen LogP contribution in [0.1, 0.15) is 0 Å². The van der Waals surface area contributed by atoms with Crippen molar-refractivity contribution in [3.05, 3.63) is 24.3 Å². The maximum Gasteiger partial charge on any atom is 0.123 e. The Bertz CT molecular complexity index is 281. The van der Waals surface area contributed by atoms with E-state index < -0.39 is 0 Å². The number of methoxy groups -OCH3 is 1. The Morgan fingerprint density at radius 1 is 1.46 bits per heavy atom. The van der Waals surface area contributed by atoms with Crippen LogP contribution in [-0.2, 0) is 4.74 Å². The monoisotopic (exact) mass is 180 g/mol. The van der Waals surface area contributed by atoms with Crippen LogP contribution in [0.5, 0.6) is 11.5 Å². The van der Waals surface area contributed by atoms with Gasteiger partial charge in [0, 0.05) is 6.07 Å². The molecule has 13 heavy (non-hydrogen) atoms. The Morgan fingerprint density at radius 2 is 2.23 bits per heavy atom. The first-order valence-corrected chi connectivity index (χ1v) is 4.27. The molecule has 1 heterocycles. The second kappa shape index (κ2) is 3.66. The maximum absolute atomic E-state index is 5.47. The largest absolute Gasteiger partial charge is 0.497 e. The van der Waals surface area contributed by atoms with Crippen LogP contribution in [0.25, 0.3) is 0 Å². The van der Waals surface area contributed by atoms with Crippen LogP contribution in [0.2, 0.25) is 0 Å². The molecule has 70 valence electrons. The van der Waals surface area contributed by atoms with Crippen LogP contribution in [0.3, 0.4) is 0 Å². The molecule has 1 aromatic rings. The zero-order valence-electron chi connectivity index (χ0n) is 7.53. The third-order valence-corrected chi connectivity index (χ3v) is 1.88. The van der Waals surface area contributed by atoms with Gasteiger partial charge in [0.2, 0.25) is 0 Å². The highest BCUT2D eigenvalue weighted by Crippen LogP contribution is 2.20. The minimum atomic E-state index is 0.297. The van der Waals surface area contributed by atoms with Crippen molar-refractivity contribution in [3.8, 4) is 11.5 Å². The first-order chi connectivity index (χ1) is 6.38. The fraction of sp³-hybridized carbons (Fsp3) is 0.400. The maximum atomic E-state index is 5.47. The standard InChI is InChI=1S/C10H12O3/c1-11-8-3-2-4-9(5-8)12-6-10-7-13-10/h2-5,10H,6-7H2,1H3. The fourth-order valence-corrected chi connectivity index (χ4v) is 1.04. The van der Waals surface area contributed by atoms with Gasteiger partial charge in [0.25, 0.3) is 0 Å². The summed E-state index contributed by atoms with van der Waals surface area (Å²) < 4.78 is 15.6. The van der Waals surface area contributed by atoms with Crippen molar-refractivity contribution >= 4 is 0 Å². The van der Waals surface area contributed by atoms with E-state index in [-0.39, 0.29) is 0 Å². The third kappa shape index (κ3) is 2.36. The molecule has 0 aliphatic carbocycles. The van der Waals surface area contributed by atoms with Crippen molar-refractivity contribution in [1.29, 1.82) is 0 Å². The molecule has 0 amide bonds. The van der Waals surface area contributed by atoms with Crippen LogP contribution < -0.4 is 9.47 Å². The molecule has 0 radical (unpaired) electrons. The molecule has 3 heteroatoms. The summed E-state index contributed by atoms with van der Waals surface area (Å²) in [6, 6.07) is 7.57. The molecule has 1 aliphatic rings. The van der Waals surface area contributed by atoms with Crippen molar-refractivity contribution < 1.29 is 14.2 Å². The summed E-state index contributed by atoms with van der Waals surface area (Å²) in [6.45, 7) is 1.46. The topological polar surface area (TPSA) is 31.0 Å². The van der Waals surface area contributed by atoms with Gasteiger partial charge < -0.3 is 14.2 Å². The predicted molar refractivity (Wildman–Crippen MR) is 48.2 cm³/mol. The Kier molecular flexibility index (Phi) is 2.36. The Hall–Kier alpha value is -1.22. The van der Waals surface area contributed by atoms with E-state index in [0.29, 0.717) is 12.7 Å². The molecule has 0 bridgehead atoms. The first-order valence-electron chi connectivity index (χ1n) is 4.27. The van der Waals surface area contributed by atoms with Gasteiger partial charge in [-0.25, -0.2) is 0 Å². The van der Waals surface area contributed by atoms with Crippen molar-refractivity contribution in [3.63, 3.8) is 0 Å². The normalized spacial score (nSPS) is 19.6. The molecule has 3 nitrogen and oxygen atoms in total. The number of epoxide rings is 1. The quantitative estimate of drug-likeness (QED) is 0.657. The first kappa shape index (κ1) is 8.38. The van der Waals surface area contributed by atoms with Crippen molar-refractivity contribution in [2.45, 2.75) is 6.10 Å². The second-order valence-corrected chi connectivity index (χ2v) is 2.95. The summed E-state index contributed by atoms with van der Waals surface area (Å²) in [5.41, 5.74) is 0. The minimum absolute atomic E-state index is 0.297. The van der Waals surface area contributed by atoms with Gasteiger partial charge in [0.1, 0.15) is 24.2 Å². The van der Waals surface area contributed by atoms with Crippen LogP contribution in [0.15, 0.2) is 24.3 Å². The molecule has 0 aromatic heterocycles. The van der Waals surface area contributed by atoms with Gasteiger partial charge >= 0.3 is 0 Å². The highest BCUT2D eigenvalue weighted by atomic mass is 16.6. The highest BCUT2D eigenvalue weighted by Gasteiger charge is 2.22. The third-order valence-electron chi connectivity index (χ3n) is 1.88. The summed E-state index contributed by atoms with van der Waals surface area (Å²) in [7, 11) is 1.64. The Labute approximate surface area is 77.2 Å². The number of hydrogen-bond donors (Lipinski definition) is 0. The average Bonchev–Trinajstić information content (AvgIpc) is 2.99. The van der Waals surface area contributed by atoms with Crippen LogP contribution in [0.4, 0.5) is 0 Å². The lowest BCUT2D eigenvalue weighted by Crippen LogP contribution is -2.03. The lowest BCUT2D eigenvalue weighted by molar-refractivity contribution is 0.262. The van der Waals surface area contributed by atoms with Crippen LogP contribution in [0, 0.1) is 0 Å². The Morgan fingerprint density at radius 3 is 2.92 bits per heavy atom. The van der Waals surface area contributed by atoms with E-state index in [9.17, 15) is 0 Å². The minimum Gasteiger partial charge on any atom is -0.497 e. The summed E-state index contributed by atoms with van der Waals surface area (Å²) in [4.78, 5) is 0. The fourth-order valence-electron chi connectivity index (χ4n) is 1.04. The number of ether oxygens (including phenoxy) is 3. The lowest BCUT2D eigenvalue weighted by atomic mass is 10.3. The van der Waals surface area contributed by atoms with Gasteiger partial charge in [-0.3, -0.25) is 0 Å². The molecule has 1 fully saturated rings. The number of rotatable bonds is 4. The number of benzene rings is 1. The zero-order valence-corrected chi connectivity index (χ0v) is 7.53. The van der Waals surface area contributed by atoms with E-state index in [1.165, 1.54) is 0 Å². The molecular formula is C10H12O3. The van der Waals surface area contributed by atoms with Crippen molar-refractivity contribution in [2.75, 3.05) is 20.3 Å². The van der Waals surface area contributed by atoms with Gasteiger partial charge in [0.15, 0.2) is 0 Å². The molecule has 1 aliphatic heterocycles. The molecule has 1 aromatic carbocycles. The van der Waals surface area contributed by atoms with Gasteiger partial charge in [-0.15, -0.1) is 0 Å². The molecule has 0 spiro atoms. The van der Waals surface area contributed by atoms with E-state index in [2.05, 4.69) is 0 Å². The van der Waals surface area contributed by atoms with E-state index in [1.54, 1.807) is 7.11 Å². The van der Waals surface area contributed by atoms with Gasteiger partial charge in [-0.2, -0.15) is 0 Å². The molecule has 0 N–H and O–H groups in total. The lowest BCUT2D eigenvalue weighted by Gasteiger charge is -2.05. The number of hydrogen-bond acceptors (Lipinski definition) is 3. The van der Waals surface area contributed by atoms with Crippen molar-refractivity contribution in [1.82, 2.24) is 0 Å². The van der Waals surface area contributed by atoms with E-state index >= 15 is 0 Å². The SMILES string of the molecule is COc1cccc(OCC2CO2)c1. The molecular weight excluding hydrogens is 168 g/mol. The smallest absolute Gasteiger partial charge is 0.123 e. The Balaban J connectivity index is 1.93. The molecule has 1 saturated heterocycles. The van der Waals surface area contributed by atoms with Gasteiger partial charge in [-0.05, 0) is 12.1 Å². The highest BCUT2D eigenvalue weighted by molar-refractivity contribution is 5.32. The van der Waals surface area contributed by atoms with Crippen LogP contribution in [-0.4, -0.2) is 26.4 Å². The summed E-state index contributed by atoms with van der Waals surface area (Å²) in [5.74, 6) is 1.64. The van der Waals surface area contributed by atoms with E-state index in [0.717, 1.165) is 18.1 Å². The van der Waals surface area contributed by atoms with E-state index in [1.807, 2.05) is 24.3 Å². The van der Waals surface area contributed by atoms with Gasteiger partial charge in [0.05, 0.1) is 13.7 Å². The second-order valence-electron chi connectivity index (χ2n) is 2.95. The van der Waals surface area contributed by atoms with Crippen LogP contribution >= 0.6 is 0 Å².